The number of halogens is 1. The highest BCUT2D eigenvalue weighted by molar-refractivity contribution is 7.80. The second-order valence-electron chi connectivity index (χ2n) is 8.38. The molecule has 2 aromatic carbocycles. The van der Waals surface area contributed by atoms with Crippen molar-refractivity contribution in [1.29, 1.82) is 0 Å². The van der Waals surface area contributed by atoms with Crippen LogP contribution in [0.15, 0.2) is 53.3 Å². The second kappa shape index (κ2) is 11.1. The Morgan fingerprint density at radius 1 is 1.21 bits per heavy atom. The molecule has 2 heterocycles. The van der Waals surface area contributed by atoms with Crippen molar-refractivity contribution in [2.45, 2.75) is 19.9 Å². The topological polar surface area (TPSA) is 60.6 Å². The number of morpholine rings is 1. The predicted molar refractivity (Wildman–Crippen MR) is 139 cm³/mol. The summed E-state index contributed by atoms with van der Waals surface area (Å²) in [6.07, 6.45) is 0.933. The number of rotatable bonds is 7. The fourth-order valence-corrected chi connectivity index (χ4v) is 4.49. The van der Waals surface area contributed by atoms with Gasteiger partial charge in [0.25, 0.3) is 5.56 Å². The Bertz CT molecular complexity index is 1180. The summed E-state index contributed by atoms with van der Waals surface area (Å²) < 4.78 is 5.45. The van der Waals surface area contributed by atoms with Gasteiger partial charge in [0.2, 0.25) is 0 Å². The Hall–Kier alpha value is -2.45. The first-order valence-corrected chi connectivity index (χ1v) is 12.0. The number of nitrogens with one attached hydrogen (secondary N) is 2. The van der Waals surface area contributed by atoms with Crippen LogP contribution in [0.25, 0.3) is 10.9 Å². The van der Waals surface area contributed by atoms with Crippen LogP contribution in [0, 0.1) is 6.92 Å². The molecule has 0 amide bonds. The Kier molecular flexibility index (Phi) is 7.98. The van der Waals surface area contributed by atoms with Gasteiger partial charge in [0.05, 0.1) is 19.8 Å². The number of anilines is 1. The summed E-state index contributed by atoms with van der Waals surface area (Å²) in [5.41, 5.74) is 3.42. The Labute approximate surface area is 204 Å². The Morgan fingerprint density at radius 3 is 2.82 bits per heavy atom. The van der Waals surface area contributed by atoms with Crippen LogP contribution < -0.4 is 10.9 Å². The van der Waals surface area contributed by atoms with Crippen LogP contribution >= 0.6 is 23.8 Å². The molecule has 1 aliphatic rings. The van der Waals surface area contributed by atoms with E-state index < -0.39 is 0 Å². The number of H-pyrrole nitrogens is 1. The summed E-state index contributed by atoms with van der Waals surface area (Å²) in [5, 5.41) is 5.52. The molecule has 0 radical (unpaired) electrons. The second-order valence-corrected chi connectivity index (χ2v) is 9.21. The minimum Gasteiger partial charge on any atom is -0.379 e. The molecular formula is C25H29ClN4O2S. The fraction of sp³-hybridized carbons (Fsp3) is 0.360. The van der Waals surface area contributed by atoms with Crippen molar-refractivity contribution >= 4 is 45.5 Å². The van der Waals surface area contributed by atoms with Crippen LogP contribution in [0.3, 0.4) is 0 Å². The lowest BCUT2D eigenvalue weighted by Gasteiger charge is -2.29. The molecular weight excluding hydrogens is 456 g/mol. The average molecular weight is 485 g/mol. The zero-order valence-electron chi connectivity index (χ0n) is 18.8. The largest absolute Gasteiger partial charge is 0.379 e. The van der Waals surface area contributed by atoms with Gasteiger partial charge in [-0.2, -0.15) is 0 Å². The number of nitrogens with zero attached hydrogens (tertiary/aromatic N) is 2. The molecule has 0 bridgehead atoms. The van der Waals surface area contributed by atoms with Gasteiger partial charge in [-0.15, -0.1) is 0 Å². The van der Waals surface area contributed by atoms with E-state index in [-0.39, 0.29) is 5.56 Å². The first-order chi connectivity index (χ1) is 16.0. The van der Waals surface area contributed by atoms with E-state index in [2.05, 4.69) is 26.2 Å². The highest BCUT2D eigenvalue weighted by Crippen LogP contribution is 2.18. The van der Waals surface area contributed by atoms with Gasteiger partial charge in [-0.05, 0) is 67.3 Å². The molecule has 0 spiro atoms. The van der Waals surface area contributed by atoms with Crippen LogP contribution in [0.5, 0.6) is 0 Å². The molecule has 0 saturated carbocycles. The van der Waals surface area contributed by atoms with Crippen molar-refractivity contribution in [3.63, 3.8) is 0 Å². The van der Waals surface area contributed by atoms with E-state index >= 15 is 0 Å². The Balaban J connectivity index is 1.52. The number of pyridine rings is 1. The van der Waals surface area contributed by atoms with Crippen LogP contribution in [0.2, 0.25) is 5.02 Å². The standard InChI is InChI=1S/C25H29ClN4O2S/c1-18-6-7-23-19(14-18)15-20(24(31)28-23)17-30(9-3-8-29-10-12-32-13-11-29)25(33)27-22-5-2-4-21(26)16-22/h2,4-7,14-16H,3,8-13,17H2,1H3,(H,27,33)(H,28,31). The quantitative estimate of drug-likeness (QED) is 0.484. The third-order valence-corrected chi connectivity index (χ3v) is 6.40. The lowest BCUT2D eigenvalue weighted by molar-refractivity contribution is 0.0367. The fourth-order valence-electron chi connectivity index (χ4n) is 4.03. The number of benzene rings is 2. The lowest BCUT2D eigenvalue weighted by atomic mass is 10.1. The van der Waals surface area contributed by atoms with E-state index in [4.69, 9.17) is 28.6 Å². The molecule has 1 saturated heterocycles. The molecule has 33 heavy (non-hydrogen) atoms. The molecule has 6 nitrogen and oxygen atoms in total. The Morgan fingerprint density at radius 2 is 2.03 bits per heavy atom. The van der Waals surface area contributed by atoms with Crippen LogP contribution in [0.4, 0.5) is 5.69 Å². The summed E-state index contributed by atoms with van der Waals surface area (Å²) in [7, 11) is 0. The molecule has 4 rings (SSSR count). The van der Waals surface area contributed by atoms with Crippen molar-refractivity contribution in [3.05, 3.63) is 75.0 Å². The number of aromatic amines is 1. The molecule has 1 aromatic heterocycles. The molecule has 1 fully saturated rings. The first-order valence-electron chi connectivity index (χ1n) is 11.2. The van der Waals surface area contributed by atoms with Gasteiger partial charge in [-0.3, -0.25) is 9.69 Å². The van der Waals surface area contributed by atoms with Gasteiger partial charge in [-0.1, -0.05) is 29.3 Å². The van der Waals surface area contributed by atoms with Gasteiger partial charge >= 0.3 is 0 Å². The maximum absolute atomic E-state index is 12.8. The number of hydrogen-bond acceptors (Lipinski definition) is 4. The van der Waals surface area contributed by atoms with E-state index in [1.165, 1.54) is 0 Å². The highest BCUT2D eigenvalue weighted by atomic mass is 35.5. The molecule has 2 N–H and O–H groups in total. The number of hydrogen-bond donors (Lipinski definition) is 2. The first kappa shape index (κ1) is 23.7. The monoisotopic (exact) mass is 484 g/mol. The summed E-state index contributed by atoms with van der Waals surface area (Å²) >= 11 is 11.9. The average Bonchev–Trinajstić information content (AvgIpc) is 2.79. The van der Waals surface area contributed by atoms with Crippen molar-refractivity contribution < 1.29 is 4.74 Å². The third-order valence-electron chi connectivity index (χ3n) is 5.81. The minimum absolute atomic E-state index is 0.0879. The summed E-state index contributed by atoms with van der Waals surface area (Å²) in [4.78, 5) is 20.3. The highest BCUT2D eigenvalue weighted by Gasteiger charge is 2.16. The number of thiocarbonyl (C=S) groups is 1. The van der Waals surface area contributed by atoms with Crippen LogP contribution in [-0.2, 0) is 11.3 Å². The minimum atomic E-state index is -0.0879. The van der Waals surface area contributed by atoms with Crippen LogP contribution in [0.1, 0.15) is 17.5 Å². The van der Waals surface area contributed by atoms with Gasteiger partial charge in [0.15, 0.2) is 5.11 Å². The van der Waals surface area contributed by atoms with Crippen molar-refractivity contribution in [3.8, 4) is 0 Å². The molecule has 1 aliphatic heterocycles. The zero-order valence-corrected chi connectivity index (χ0v) is 20.3. The maximum Gasteiger partial charge on any atom is 0.253 e. The summed E-state index contributed by atoms with van der Waals surface area (Å²) in [6.45, 7) is 7.64. The molecule has 0 unspecified atom stereocenters. The van der Waals surface area contributed by atoms with E-state index in [1.807, 2.05) is 49.4 Å². The van der Waals surface area contributed by atoms with E-state index in [0.717, 1.165) is 68.0 Å². The number of aromatic nitrogens is 1. The van der Waals surface area contributed by atoms with Gasteiger partial charge in [-0.25, -0.2) is 0 Å². The number of aryl methyl sites for hydroxylation is 1. The normalized spacial score (nSPS) is 14.4. The summed E-state index contributed by atoms with van der Waals surface area (Å²) in [5.74, 6) is 0. The lowest BCUT2D eigenvalue weighted by Crippen LogP contribution is -2.40. The third kappa shape index (κ3) is 6.54. The maximum atomic E-state index is 12.8. The van der Waals surface area contributed by atoms with Gasteiger partial charge in [0, 0.05) is 48.0 Å². The molecule has 8 heteroatoms. The molecule has 0 aliphatic carbocycles. The zero-order chi connectivity index (χ0) is 23.2. The smallest absolute Gasteiger partial charge is 0.253 e. The predicted octanol–water partition coefficient (Wildman–Crippen LogP) is 4.41. The number of fused-ring (bicyclic) bond motifs is 1. The van der Waals surface area contributed by atoms with Crippen molar-refractivity contribution in [2.24, 2.45) is 0 Å². The molecule has 174 valence electrons. The van der Waals surface area contributed by atoms with E-state index in [9.17, 15) is 4.79 Å². The SMILES string of the molecule is Cc1ccc2[nH]c(=O)c(CN(CCCN3CCOCC3)C(=S)Nc3cccc(Cl)c3)cc2c1. The van der Waals surface area contributed by atoms with Crippen molar-refractivity contribution in [2.75, 3.05) is 44.7 Å². The molecule has 0 atom stereocenters. The van der Waals surface area contributed by atoms with Crippen LogP contribution in [-0.4, -0.2) is 59.3 Å². The number of ether oxygens (including phenoxy) is 1. The summed E-state index contributed by atoms with van der Waals surface area (Å²) in [6, 6.07) is 15.5. The van der Waals surface area contributed by atoms with Gasteiger partial charge < -0.3 is 19.9 Å². The van der Waals surface area contributed by atoms with Gasteiger partial charge in [0.1, 0.15) is 0 Å². The van der Waals surface area contributed by atoms with E-state index in [0.29, 0.717) is 22.2 Å². The van der Waals surface area contributed by atoms with Crippen molar-refractivity contribution in [1.82, 2.24) is 14.8 Å². The molecule has 3 aromatic rings. The van der Waals surface area contributed by atoms with E-state index in [1.54, 1.807) is 0 Å².